The molecule has 2 heterocycles. The number of aliphatic hydroxyl groups excluding tert-OH is 1. The van der Waals surface area contributed by atoms with Crippen molar-refractivity contribution in [2.75, 3.05) is 6.61 Å². The van der Waals surface area contributed by atoms with E-state index >= 15 is 0 Å². The van der Waals surface area contributed by atoms with Gasteiger partial charge in [-0.05, 0) is 13.0 Å². The van der Waals surface area contributed by atoms with Crippen molar-refractivity contribution in [3.05, 3.63) is 48.3 Å². The lowest BCUT2D eigenvalue weighted by Crippen LogP contribution is -2.35. The Morgan fingerprint density at radius 1 is 1.48 bits per heavy atom. The van der Waals surface area contributed by atoms with Gasteiger partial charge >= 0.3 is 0 Å². The Kier molecular flexibility index (Phi) is 5.07. The maximum absolute atomic E-state index is 12.1. The number of nitrogens with one attached hydrogen (secondary N) is 1. The van der Waals surface area contributed by atoms with E-state index in [0.717, 1.165) is 0 Å². The summed E-state index contributed by atoms with van der Waals surface area (Å²) in [6.07, 6.45) is 8.28. The first-order chi connectivity index (χ1) is 10.2. The van der Waals surface area contributed by atoms with Gasteiger partial charge in [0.1, 0.15) is 6.61 Å². The van der Waals surface area contributed by atoms with Crippen molar-refractivity contribution in [2.24, 2.45) is 0 Å². The number of aromatic nitrogens is 3. The zero-order valence-electron chi connectivity index (χ0n) is 11.7. The van der Waals surface area contributed by atoms with Crippen LogP contribution in [-0.2, 0) is 6.54 Å². The molecule has 0 aromatic carbocycles. The highest BCUT2D eigenvalue weighted by atomic mass is 16.2. The maximum atomic E-state index is 12.1. The van der Waals surface area contributed by atoms with Crippen LogP contribution in [0.25, 0.3) is 0 Å². The first kappa shape index (κ1) is 14.8. The zero-order valence-corrected chi connectivity index (χ0v) is 11.7. The third-order valence-corrected chi connectivity index (χ3v) is 2.73. The quantitative estimate of drug-likeness (QED) is 0.798. The lowest BCUT2D eigenvalue weighted by Gasteiger charge is -2.14. The molecule has 0 radical (unpaired) electrons. The number of amides is 1. The summed E-state index contributed by atoms with van der Waals surface area (Å²) in [5.41, 5.74) is 1.04. The average Bonchev–Trinajstić information content (AvgIpc) is 2.98. The summed E-state index contributed by atoms with van der Waals surface area (Å²) < 4.78 is 1.90. The number of rotatable bonds is 4. The van der Waals surface area contributed by atoms with E-state index in [4.69, 9.17) is 5.11 Å². The lowest BCUT2D eigenvalue weighted by molar-refractivity contribution is 0.0936. The third-order valence-electron chi connectivity index (χ3n) is 2.73. The van der Waals surface area contributed by atoms with Gasteiger partial charge in [0.2, 0.25) is 0 Å². The van der Waals surface area contributed by atoms with Crippen molar-refractivity contribution in [1.82, 2.24) is 19.9 Å². The molecular formula is C15H16N4O2. The topological polar surface area (TPSA) is 80.0 Å². The Balaban J connectivity index is 1.99. The molecule has 6 nitrogen and oxygen atoms in total. The van der Waals surface area contributed by atoms with Crippen molar-refractivity contribution >= 4 is 5.91 Å². The number of imidazole rings is 1. The third kappa shape index (κ3) is 4.44. The smallest absolute Gasteiger partial charge is 0.253 e. The molecule has 2 aromatic heterocycles. The molecular weight excluding hydrogens is 268 g/mol. The van der Waals surface area contributed by atoms with Crippen molar-refractivity contribution in [3.8, 4) is 11.8 Å². The summed E-state index contributed by atoms with van der Waals surface area (Å²) >= 11 is 0. The number of carbonyl (C=O) groups excluding carboxylic acids is 1. The monoisotopic (exact) mass is 284 g/mol. The van der Waals surface area contributed by atoms with Gasteiger partial charge in [0.25, 0.3) is 5.91 Å². The highest BCUT2D eigenvalue weighted by molar-refractivity contribution is 5.94. The molecule has 0 aliphatic heterocycles. The van der Waals surface area contributed by atoms with E-state index in [1.807, 2.05) is 17.7 Å². The Morgan fingerprint density at radius 3 is 3.05 bits per heavy atom. The molecule has 0 saturated heterocycles. The predicted molar refractivity (Wildman–Crippen MR) is 77.4 cm³/mol. The van der Waals surface area contributed by atoms with Crippen LogP contribution >= 0.6 is 0 Å². The molecule has 6 heteroatoms. The van der Waals surface area contributed by atoms with Crippen LogP contribution in [0.2, 0.25) is 0 Å². The van der Waals surface area contributed by atoms with E-state index in [1.54, 1.807) is 24.8 Å². The van der Waals surface area contributed by atoms with Gasteiger partial charge < -0.3 is 15.0 Å². The Bertz CT molecular complexity index is 656. The molecule has 2 aromatic rings. The van der Waals surface area contributed by atoms with Crippen molar-refractivity contribution in [1.29, 1.82) is 0 Å². The van der Waals surface area contributed by atoms with E-state index in [1.165, 1.54) is 6.20 Å². The number of pyridine rings is 1. The fourth-order valence-corrected chi connectivity index (χ4v) is 1.84. The minimum atomic E-state index is -0.224. The Morgan fingerprint density at radius 2 is 2.33 bits per heavy atom. The molecule has 1 unspecified atom stereocenters. The number of aliphatic hydroxyl groups is 1. The number of carbonyl (C=O) groups is 1. The summed E-state index contributed by atoms with van der Waals surface area (Å²) in [6, 6.07) is 1.61. The van der Waals surface area contributed by atoms with Crippen LogP contribution in [0.3, 0.4) is 0 Å². The van der Waals surface area contributed by atoms with E-state index in [-0.39, 0.29) is 18.6 Å². The van der Waals surface area contributed by atoms with Gasteiger partial charge in [-0.15, -0.1) is 0 Å². The second-order valence-corrected chi connectivity index (χ2v) is 4.56. The molecule has 0 aliphatic carbocycles. The Labute approximate surface area is 122 Å². The van der Waals surface area contributed by atoms with Crippen molar-refractivity contribution < 1.29 is 9.90 Å². The first-order valence-electron chi connectivity index (χ1n) is 6.50. The minimum Gasteiger partial charge on any atom is -0.384 e. The van der Waals surface area contributed by atoms with E-state index in [9.17, 15) is 4.79 Å². The Hall–Kier alpha value is -2.65. The van der Waals surface area contributed by atoms with Gasteiger partial charge in [0.15, 0.2) is 0 Å². The molecule has 108 valence electrons. The largest absolute Gasteiger partial charge is 0.384 e. The van der Waals surface area contributed by atoms with Gasteiger partial charge in [-0.2, -0.15) is 0 Å². The van der Waals surface area contributed by atoms with E-state index in [2.05, 4.69) is 27.1 Å². The van der Waals surface area contributed by atoms with Crippen LogP contribution in [0.5, 0.6) is 0 Å². The van der Waals surface area contributed by atoms with Crippen LogP contribution in [0.1, 0.15) is 22.8 Å². The van der Waals surface area contributed by atoms with Crippen LogP contribution in [0.15, 0.2) is 37.2 Å². The molecule has 0 spiro atoms. The van der Waals surface area contributed by atoms with Gasteiger partial charge in [-0.3, -0.25) is 9.78 Å². The summed E-state index contributed by atoms with van der Waals surface area (Å²) in [4.78, 5) is 20.1. The van der Waals surface area contributed by atoms with Gasteiger partial charge in [-0.25, -0.2) is 4.98 Å². The number of nitrogens with zero attached hydrogens (tertiary/aromatic N) is 3. The fourth-order valence-electron chi connectivity index (χ4n) is 1.84. The summed E-state index contributed by atoms with van der Waals surface area (Å²) in [5.74, 6) is 5.04. The zero-order chi connectivity index (χ0) is 15.1. The summed E-state index contributed by atoms with van der Waals surface area (Å²) in [5, 5.41) is 11.6. The van der Waals surface area contributed by atoms with Gasteiger partial charge in [0, 0.05) is 42.9 Å². The van der Waals surface area contributed by atoms with Gasteiger partial charge in [0.05, 0.1) is 11.9 Å². The predicted octanol–water partition coefficient (Wildman–Crippen LogP) is 0.440. The molecule has 1 amide bonds. The first-order valence-corrected chi connectivity index (χ1v) is 6.50. The summed E-state index contributed by atoms with van der Waals surface area (Å²) in [7, 11) is 0. The molecule has 2 N–H and O–H groups in total. The number of hydrogen-bond acceptors (Lipinski definition) is 4. The molecule has 0 aliphatic rings. The molecule has 21 heavy (non-hydrogen) atoms. The van der Waals surface area contributed by atoms with Gasteiger partial charge in [-0.1, -0.05) is 11.8 Å². The normalized spacial score (nSPS) is 11.3. The molecule has 2 rings (SSSR count). The minimum absolute atomic E-state index is 0.0427. The van der Waals surface area contributed by atoms with Crippen LogP contribution < -0.4 is 5.32 Å². The van der Waals surface area contributed by atoms with Crippen LogP contribution in [0, 0.1) is 11.8 Å². The lowest BCUT2D eigenvalue weighted by atomic mass is 10.2. The van der Waals surface area contributed by atoms with Crippen LogP contribution in [-0.4, -0.2) is 38.2 Å². The van der Waals surface area contributed by atoms with E-state index in [0.29, 0.717) is 17.7 Å². The highest BCUT2D eigenvalue weighted by Crippen LogP contribution is 2.02. The molecule has 0 saturated carbocycles. The summed E-state index contributed by atoms with van der Waals surface area (Å²) in [6.45, 7) is 2.34. The molecule has 0 fully saturated rings. The highest BCUT2D eigenvalue weighted by Gasteiger charge is 2.10. The fraction of sp³-hybridized carbons (Fsp3) is 0.267. The van der Waals surface area contributed by atoms with Crippen molar-refractivity contribution in [2.45, 2.75) is 19.5 Å². The molecule has 1 atom stereocenters. The molecule has 0 bridgehead atoms. The van der Waals surface area contributed by atoms with Crippen molar-refractivity contribution in [3.63, 3.8) is 0 Å². The van der Waals surface area contributed by atoms with Crippen LogP contribution in [0.4, 0.5) is 0 Å². The standard InChI is InChI=1S/C15H16N4O2/c1-12(10-19-5-4-16-11-19)18-15(21)14-7-13(3-2-6-20)8-17-9-14/h4-5,7-9,11-12,20H,6,10H2,1H3,(H,18,21). The SMILES string of the molecule is CC(Cn1ccnc1)NC(=O)c1cncc(C#CCO)c1. The second kappa shape index (κ2) is 7.22. The maximum Gasteiger partial charge on any atom is 0.253 e. The second-order valence-electron chi connectivity index (χ2n) is 4.56. The average molecular weight is 284 g/mol. The van der Waals surface area contributed by atoms with E-state index < -0.39 is 0 Å². The number of hydrogen-bond donors (Lipinski definition) is 2.